The molecule has 2 aromatic rings. The van der Waals surface area contributed by atoms with Crippen molar-refractivity contribution in [2.45, 2.75) is 13.1 Å². The first-order chi connectivity index (χ1) is 7.70. The van der Waals surface area contributed by atoms with Crippen LogP contribution in [0.5, 0.6) is 0 Å². The molecular formula is C11H13ClN4. The summed E-state index contributed by atoms with van der Waals surface area (Å²) in [5.74, 6) is 0.613. The fourth-order valence-corrected chi connectivity index (χ4v) is 1.74. The predicted octanol–water partition coefficient (Wildman–Crippen LogP) is 1.63. The molecule has 0 spiro atoms. The van der Waals surface area contributed by atoms with Crippen LogP contribution >= 0.6 is 11.6 Å². The lowest BCUT2D eigenvalue weighted by Crippen LogP contribution is -2.07. The zero-order valence-electron chi connectivity index (χ0n) is 8.73. The molecule has 4 N–H and O–H groups in total. The highest BCUT2D eigenvalue weighted by Gasteiger charge is 2.06. The number of rotatable bonds is 3. The molecule has 4 nitrogen and oxygen atoms in total. The highest BCUT2D eigenvalue weighted by molar-refractivity contribution is 6.30. The van der Waals surface area contributed by atoms with Gasteiger partial charge in [-0.2, -0.15) is 5.10 Å². The lowest BCUT2D eigenvalue weighted by molar-refractivity contribution is 0.697. The number of hydrogen-bond acceptors (Lipinski definition) is 3. The highest BCUT2D eigenvalue weighted by atomic mass is 35.5. The summed E-state index contributed by atoms with van der Waals surface area (Å²) in [7, 11) is 0. The van der Waals surface area contributed by atoms with E-state index >= 15 is 0 Å². The fourth-order valence-electron chi connectivity index (χ4n) is 1.53. The SMILES string of the molecule is NCc1cnn(Cc2cccc(Cl)c2)c1N. The lowest BCUT2D eigenvalue weighted by atomic mass is 10.2. The van der Waals surface area contributed by atoms with Crippen LogP contribution in [-0.4, -0.2) is 9.78 Å². The van der Waals surface area contributed by atoms with Crippen molar-refractivity contribution in [2.75, 3.05) is 5.73 Å². The van der Waals surface area contributed by atoms with Gasteiger partial charge in [-0.15, -0.1) is 0 Å². The molecule has 0 atom stereocenters. The van der Waals surface area contributed by atoms with Crippen molar-refractivity contribution in [3.63, 3.8) is 0 Å². The molecule has 1 aromatic carbocycles. The van der Waals surface area contributed by atoms with Crippen molar-refractivity contribution in [3.05, 3.63) is 46.6 Å². The Kier molecular flexibility index (Phi) is 3.12. The van der Waals surface area contributed by atoms with Gasteiger partial charge in [0.1, 0.15) is 5.82 Å². The second-order valence-corrected chi connectivity index (χ2v) is 3.98. The van der Waals surface area contributed by atoms with Crippen molar-refractivity contribution < 1.29 is 0 Å². The Balaban J connectivity index is 2.24. The Morgan fingerprint density at radius 3 is 2.81 bits per heavy atom. The zero-order chi connectivity index (χ0) is 11.5. The van der Waals surface area contributed by atoms with Crippen LogP contribution < -0.4 is 11.5 Å². The summed E-state index contributed by atoms with van der Waals surface area (Å²) in [6.07, 6.45) is 1.69. The van der Waals surface area contributed by atoms with Crippen LogP contribution in [-0.2, 0) is 13.1 Å². The van der Waals surface area contributed by atoms with E-state index in [4.69, 9.17) is 23.1 Å². The molecule has 2 rings (SSSR count). The minimum atomic E-state index is 0.404. The molecule has 16 heavy (non-hydrogen) atoms. The average Bonchev–Trinajstić information content (AvgIpc) is 2.60. The van der Waals surface area contributed by atoms with Gasteiger partial charge in [0.25, 0.3) is 0 Å². The van der Waals surface area contributed by atoms with Crippen LogP contribution in [0.25, 0.3) is 0 Å². The number of nitrogens with zero attached hydrogens (tertiary/aromatic N) is 2. The summed E-state index contributed by atoms with van der Waals surface area (Å²) >= 11 is 5.90. The number of benzene rings is 1. The van der Waals surface area contributed by atoms with E-state index in [1.54, 1.807) is 10.9 Å². The van der Waals surface area contributed by atoms with E-state index < -0.39 is 0 Å². The van der Waals surface area contributed by atoms with Crippen LogP contribution in [0.1, 0.15) is 11.1 Å². The molecule has 0 aliphatic rings. The molecule has 0 fully saturated rings. The molecule has 0 bridgehead atoms. The van der Waals surface area contributed by atoms with Crippen LogP contribution in [0.2, 0.25) is 5.02 Å². The van der Waals surface area contributed by atoms with E-state index in [2.05, 4.69) is 5.10 Å². The summed E-state index contributed by atoms with van der Waals surface area (Å²) in [6, 6.07) is 7.62. The predicted molar refractivity (Wildman–Crippen MR) is 65.1 cm³/mol. The molecule has 84 valence electrons. The van der Waals surface area contributed by atoms with Gasteiger partial charge in [-0.25, -0.2) is 4.68 Å². The molecule has 5 heteroatoms. The largest absolute Gasteiger partial charge is 0.384 e. The van der Waals surface area contributed by atoms with Crippen molar-refractivity contribution in [3.8, 4) is 0 Å². The fraction of sp³-hybridized carbons (Fsp3) is 0.182. The van der Waals surface area contributed by atoms with E-state index in [0.717, 1.165) is 11.1 Å². The maximum Gasteiger partial charge on any atom is 0.126 e. The van der Waals surface area contributed by atoms with E-state index in [-0.39, 0.29) is 0 Å². The smallest absolute Gasteiger partial charge is 0.126 e. The molecular weight excluding hydrogens is 224 g/mol. The molecule has 0 amide bonds. The maximum absolute atomic E-state index is 5.90. The van der Waals surface area contributed by atoms with Crippen LogP contribution in [0.3, 0.4) is 0 Å². The number of nitrogen functional groups attached to an aromatic ring is 1. The van der Waals surface area contributed by atoms with Crippen molar-refractivity contribution in [1.29, 1.82) is 0 Å². The van der Waals surface area contributed by atoms with Gasteiger partial charge < -0.3 is 11.5 Å². The Morgan fingerprint density at radius 2 is 2.19 bits per heavy atom. The normalized spacial score (nSPS) is 10.6. The maximum atomic E-state index is 5.90. The molecule has 0 unspecified atom stereocenters. The van der Waals surface area contributed by atoms with Crippen molar-refractivity contribution >= 4 is 17.4 Å². The third kappa shape index (κ3) is 2.18. The molecule has 0 saturated heterocycles. The zero-order valence-corrected chi connectivity index (χ0v) is 9.48. The number of hydrogen-bond donors (Lipinski definition) is 2. The van der Waals surface area contributed by atoms with Gasteiger partial charge in [0.2, 0.25) is 0 Å². The van der Waals surface area contributed by atoms with Gasteiger partial charge in [0, 0.05) is 17.1 Å². The van der Waals surface area contributed by atoms with E-state index in [0.29, 0.717) is 23.9 Å². The van der Waals surface area contributed by atoms with Gasteiger partial charge in [-0.3, -0.25) is 0 Å². The first kappa shape index (κ1) is 11.0. The minimum absolute atomic E-state index is 0.404. The summed E-state index contributed by atoms with van der Waals surface area (Å²) in [6.45, 7) is 1.01. The van der Waals surface area contributed by atoms with Crippen molar-refractivity contribution in [1.82, 2.24) is 9.78 Å². The van der Waals surface area contributed by atoms with Crippen molar-refractivity contribution in [2.24, 2.45) is 5.73 Å². The topological polar surface area (TPSA) is 69.9 Å². The standard InChI is InChI=1S/C11H13ClN4/c12-10-3-1-2-8(4-10)7-16-11(14)9(5-13)6-15-16/h1-4,6H,5,7,13-14H2. The van der Waals surface area contributed by atoms with E-state index in [1.807, 2.05) is 24.3 Å². The van der Waals surface area contributed by atoms with Crippen LogP contribution in [0.4, 0.5) is 5.82 Å². The Morgan fingerprint density at radius 1 is 1.38 bits per heavy atom. The molecule has 0 saturated carbocycles. The Bertz CT molecular complexity index is 492. The number of aromatic nitrogens is 2. The number of halogens is 1. The second kappa shape index (κ2) is 4.55. The van der Waals surface area contributed by atoms with Crippen LogP contribution in [0, 0.1) is 0 Å². The monoisotopic (exact) mass is 236 g/mol. The number of nitrogens with two attached hydrogens (primary N) is 2. The Labute approximate surface area is 98.8 Å². The molecule has 0 aliphatic carbocycles. The van der Waals surface area contributed by atoms with Gasteiger partial charge in [-0.05, 0) is 17.7 Å². The number of anilines is 1. The first-order valence-corrected chi connectivity index (χ1v) is 5.33. The lowest BCUT2D eigenvalue weighted by Gasteiger charge is -2.05. The van der Waals surface area contributed by atoms with E-state index in [1.165, 1.54) is 0 Å². The first-order valence-electron chi connectivity index (χ1n) is 4.95. The highest BCUT2D eigenvalue weighted by Crippen LogP contribution is 2.15. The second-order valence-electron chi connectivity index (χ2n) is 3.55. The molecule has 1 aromatic heterocycles. The summed E-state index contributed by atoms with van der Waals surface area (Å²) in [5, 5.41) is 4.89. The van der Waals surface area contributed by atoms with E-state index in [9.17, 15) is 0 Å². The van der Waals surface area contributed by atoms with Gasteiger partial charge in [0.15, 0.2) is 0 Å². The third-order valence-corrected chi connectivity index (χ3v) is 2.64. The van der Waals surface area contributed by atoms with Gasteiger partial charge in [0.05, 0.1) is 12.7 Å². The van der Waals surface area contributed by atoms with Gasteiger partial charge in [-0.1, -0.05) is 23.7 Å². The third-order valence-electron chi connectivity index (χ3n) is 2.40. The summed E-state index contributed by atoms with van der Waals surface area (Å²) < 4.78 is 1.72. The van der Waals surface area contributed by atoms with Gasteiger partial charge >= 0.3 is 0 Å². The molecule has 1 heterocycles. The minimum Gasteiger partial charge on any atom is -0.384 e. The summed E-state index contributed by atoms with van der Waals surface area (Å²) in [4.78, 5) is 0. The Hall–Kier alpha value is -1.52. The average molecular weight is 237 g/mol. The summed E-state index contributed by atoms with van der Waals surface area (Å²) in [5.41, 5.74) is 13.3. The van der Waals surface area contributed by atoms with Crippen LogP contribution in [0.15, 0.2) is 30.5 Å². The molecule has 0 aliphatic heterocycles. The quantitative estimate of drug-likeness (QED) is 0.851. The molecule has 0 radical (unpaired) electrons.